The lowest BCUT2D eigenvalue weighted by atomic mass is 10.1. The van der Waals surface area contributed by atoms with E-state index in [0.29, 0.717) is 19.3 Å². The molecule has 1 aromatic carbocycles. The molecule has 0 saturated carbocycles. The Morgan fingerprint density at radius 2 is 1.59 bits per heavy atom. The Morgan fingerprint density at radius 3 is 2.14 bits per heavy atom. The zero-order valence-corrected chi connectivity index (χ0v) is 14.9. The Kier molecular flexibility index (Phi) is 7.32. The number of hydrogen-bond donors (Lipinski definition) is 1. The standard InChI is InChI=1S/C17H15F4N5O3/c18-13-9(14(19)16(21)17(15(13)20)24-25-22)8-23-10(27)4-2-1-3-7-26-11(28)5-6-12(26)29/h5-6H,1-4,7-8H2,(H,23,27). The van der Waals surface area contributed by atoms with Crippen molar-refractivity contribution >= 4 is 23.4 Å². The van der Waals surface area contributed by atoms with Gasteiger partial charge in [-0.2, -0.15) is 0 Å². The van der Waals surface area contributed by atoms with Crippen molar-refractivity contribution in [3.8, 4) is 0 Å². The number of amides is 3. The molecule has 2 rings (SSSR count). The fourth-order valence-electron chi connectivity index (χ4n) is 2.61. The van der Waals surface area contributed by atoms with Crippen molar-refractivity contribution in [2.45, 2.75) is 32.2 Å². The lowest BCUT2D eigenvalue weighted by Gasteiger charge is -2.13. The summed E-state index contributed by atoms with van der Waals surface area (Å²) in [6.45, 7) is -0.595. The Hall–Kier alpha value is -3.40. The third-order valence-corrected chi connectivity index (χ3v) is 4.12. The molecule has 0 saturated heterocycles. The van der Waals surface area contributed by atoms with E-state index in [4.69, 9.17) is 5.53 Å². The van der Waals surface area contributed by atoms with Crippen LogP contribution in [0.25, 0.3) is 10.4 Å². The summed E-state index contributed by atoms with van der Waals surface area (Å²) in [5, 5.41) is 4.72. The number of carbonyl (C=O) groups excluding carboxylic acids is 3. The fourth-order valence-corrected chi connectivity index (χ4v) is 2.61. The average molecular weight is 413 g/mol. The molecule has 0 fully saturated rings. The van der Waals surface area contributed by atoms with Crippen LogP contribution in [-0.2, 0) is 20.9 Å². The number of imide groups is 1. The summed E-state index contributed by atoms with van der Waals surface area (Å²) in [5.41, 5.74) is 5.72. The van der Waals surface area contributed by atoms with E-state index >= 15 is 0 Å². The smallest absolute Gasteiger partial charge is 0.253 e. The van der Waals surface area contributed by atoms with E-state index in [1.807, 2.05) is 0 Å². The second-order valence-corrected chi connectivity index (χ2v) is 6.02. The van der Waals surface area contributed by atoms with E-state index in [1.54, 1.807) is 0 Å². The van der Waals surface area contributed by atoms with Crippen LogP contribution in [0.2, 0.25) is 0 Å². The molecule has 0 aliphatic carbocycles. The molecule has 1 aliphatic rings. The molecule has 1 aliphatic heterocycles. The number of halogens is 4. The van der Waals surface area contributed by atoms with Gasteiger partial charge in [0, 0.05) is 42.1 Å². The van der Waals surface area contributed by atoms with Gasteiger partial charge in [-0.25, -0.2) is 17.6 Å². The number of carbonyl (C=O) groups is 3. The van der Waals surface area contributed by atoms with E-state index in [-0.39, 0.29) is 13.0 Å². The fraction of sp³-hybridized carbons (Fsp3) is 0.353. The van der Waals surface area contributed by atoms with Crippen LogP contribution >= 0.6 is 0 Å². The number of azide groups is 1. The minimum Gasteiger partial charge on any atom is -0.352 e. The van der Waals surface area contributed by atoms with Crippen molar-refractivity contribution in [1.82, 2.24) is 10.2 Å². The lowest BCUT2D eigenvalue weighted by molar-refractivity contribution is -0.137. The monoisotopic (exact) mass is 413 g/mol. The summed E-state index contributed by atoms with van der Waals surface area (Å²) < 4.78 is 55.1. The van der Waals surface area contributed by atoms with Gasteiger partial charge in [0.1, 0.15) is 5.69 Å². The first-order valence-electron chi connectivity index (χ1n) is 8.48. The molecule has 0 unspecified atom stereocenters. The molecule has 0 radical (unpaired) electrons. The largest absolute Gasteiger partial charge is 0.352 e. The van der Waals surface area contributed by atoms with Crippen LogP contribution in [0.4, 0.5) is 23.2 Å². The van der Waals surface area contributed by atoms with Gasteiger partial charge < -0.3 is 5.32 Å². The zero-order valence-electron chi connectivity index (χ0n) is 14.9. The van der Waals surface area contributed by atoms with Crippen LogP contribution in [0.1, 0.15) is 31.2 Å². The second-order valence-electron chi connectivity index (χ2n) is 6.02. The number of rotatable bonds is 9. The van der Waals surface area contributed by atoms with Gasteiger partial charge in [-0.05, 0) is 18.4 Å². The van der Waals surface area contributed by atoms with Gasteiger partial charge >= 0.3 is 0 Å². The van der Waals surface area contributed by atoms with Gasteiger partial charge in [-0.1, -0.05) is 11.5 Å². The molecular weight excluding hydrogens is 398 g/mol. The number of nitrogens with one attached hydrogen (secondary N) is 1. The maximum Gasteiger partial charge on any atom is 0.253 e. The van der Waals surface area contributed by atoms with Crippen molar-refractivity contribution < 1.29 is 31.9 Å². The van der Waals surface area contributed by atoms with Gasteiger partial charge in [0.25, 0.3) is 11.8 Å². The molecule has 1 heterocycles. The normalized spacial score (nSPS) is 13.0. The molecule has 154 valence electrons. The minimum absolute atomic E-state index is 0.0366. The van der Waals surface area contributed by atoms with E-state index in [1.165, 1.54) is 12.2 Å². The Balaban J connectivity index is 1.81. The van der Waals surface area contributed by atoms with Crippen molar-refractivity contribution in [3.63, 3.8) is 0 Å². The summed E-state index contributed by atoms with van der Waals surface area (Å²) in [6.07, 6.45) is 3.62. The number of nitrogens with zero attached hydrogens (tertiary/aromatic N) is 4. The van der Waals surface area contributed by atoms with E-state index in [2.05, 4.69) is 15.3 Å². The summed E-state index contributed by atoms with van der Waals surface area (Å²) in [4.78, 5) is 37.6. The van der Waals surface area contributed by atoms with Gasteiger partial charge in [-0.3, -0.25) is 19.3 Å². The highest BCUT2D eigenvalue weighted by atomic mass is 19.2. The molecule has 1 aromatic rings. The summed E-state index contributed by atoms with van der Waals surface area (Å²) in [6, 6.07) is 0. The topological polar surface area (TPSA) is 115 Å². The predicted molar refractivity (Wildman–Crippen MR) is 91.3 cm³/mol. The van der Waals surface area contributed by atoms with E-state index in [0.717, 1.165) is 4.90 Å². The van der Waals surface area contributed by atoms with Gasteiger partial charge in [0.05, 0.1) is 0 Å². The molecule has 12 heteroatoms. The molecular formula is C17H15F4N5O3. The average Bonchev–Trinajstić information content (AvgIpc) is 3.01. The predicted octanol–water partition coefficient (Wildman–Crippen LogP) is 3.29. The quantitative estimate of drug-likeness (QED) is 0.127. The van der Waals surface area contributed by atoms with Crippen LogP contribution in [0, 0.1) is 23.3 Å². The second kappa shape index (κ2) is 9.69. The molecule has 0 aromatic heterocycles. The molecule has 29 heavy (non-hydrogen) atoms. The van der Waals surface area contributed by atoms with Crippen molar-refractivity contribution in [3.05, 3.63) is 51.4 Å². The molecule has 0 atom stereocenters. The Morgan fingerprint density at radius 1 is 1.00 bits per heavy atom. The minimum atomic E-state index is -1.86. The third-order valence-electron chi connectivity index (χ3n) is 4.12. The molecule has 3 amide bonds. The highest BCUT2D eigenvalue weighted by Gasteiger charge is 2.25. The van der Waals surface area contributed by atoms with Gasteiger partial charge in [0.15, 0.2) is 23.3 Å². The van der Waals surface area contributed by atoms with Crippen LogP contribution < -0.4 is 5.32 Å². The third kappa shape index (κ3) is 5.11. The lowest BCUT2D eigenvalue weighted by Crippen LogP contribution is -2.30. The van der Waals surface area contributed by atoms with E-state index < -0.39 is 58.8 Å². The maximum atomic E-state index is 13.9. The van der Waals surface area contributed by atoms with Crippen molar-refractivity contribution in [2.75, 3.05) is 6.54 Å². The van der Waals surface area contributed by atoms with Crippen LogP contribution in [-0.4, -0.2) is 29.2 Å². The maximum absolute atomic E-state index is 13.9. The summed E-state index contributed by atoms with van der Waals surface area (Å²) in [7, 11) is 0. The molecule has 0 spiro atoms. The number of hydrogen-bond acceptors (Lipinski definition) is 4. The number of unbranched alkanes of at least 4 members (excludes halogenated alkanes) is 2. The SMILES string of the molecule is [N-]=[N+]=Nc1c(F)c(F)c(CNC(=O)CCCCCN2C(=O)C=CC2=O)c(F)c1F. The highest BCUT2D eigenvalue weighted by Crippen LogP contribution is 2.30. The number of benzene rings is 1. The van der Waals surface area contributed by atoms with E-state index in [9.17, 15) is 31.9 Å². The molecule has 8 nitrogen and oxygen atoms in total. The highest BCUT2D eigenvalue weighted by molar-refractivity contribution is 6.12. The summed E-state index contributed by atoms with van der Waals surface area (Å²) >= 11 is 0. The zero-order chi connectivity index (χ0) is 21.6. The van der Waals surface area contributed by atoms with Gasteiger partial charge in [0.2, 0.25) is 5.91 Å². The first-order valence-corrected chi connectivity index (χ1v) is 8.48. The van der Waals surface area contributed by atoms with Crippen LogP contribution in [0.15, 0.2) is 17.3 Å². The summed E-state index contributed by atoms with van der Waals surface area (Å²) in [5.74, 6) is -8.65. The van der Waals surface area contributed by atoms with Crippen molar-refractivity contribution in [1.29, 1.82) is 0 Å². The molecule has 1 N–H and O–H groups in total. The molecule has 0 bridgehead atoms. The first kappa shape index (κ1) is 21.9. The first-order chi connectivity index (χ1) is 13.8. The van der Waals surface area contributed by atoms with Crippen LogP contribution in [0.3, 0.4) is 0 Å². The Bertz CT molecular complexity index is 881. The van der Waals surface area contributed by atoms with Crippen molar-refractivity contribution in [2.24, 2.45) is 5.11 Å². The van der Waals surface area contributed by atoms with Gasteiger partial charge in [-0.15, -0.1) is 0 Å². The Labute approximate surface area is 161 Å². The van der Waals surface area contributed by atoms with Crippen LogP contribution in [0.5, 0.6) is 0 Å².